The molecule has 7 nitrogen and oxygen atoms in total. The topological polar surface area (TPSA) is 95.7 Å². The van der Waals surface area contributed by atoms with Crippen LogP contribution in [0.15, 0.2) is 77.7 Å². The van der Waals surface area contributed by atoms with Crippen LogP contribution in [0.4, 0.5) is 0 Å². The van der Waals surface area contributed by atoms with Gasteiger partial charge in [0, 0.05) is 25.0 Å². The van der Waals surface area contributed by atoms with Gasteiger partial charge in [0.25, 0.3) is 5.91 Å². The van der Waals surface area contributed by atoms with Crippen molar-refractivity contribution in [3.05, 3.63) is 90.1 Å². The van der Waals surface area contributed by atoms with E-state index in [1.165, 1.54) is 12.5 Å². The van der Waals surface area contributed by atoms with Crippen LogP contribution in [0.5, 0.6) is 0 Å². The van der Waals surface area contributed by atoms with Crippen LogP contribution in [-0.4, -0.2) is 46.0 Å². The number of hydrogen-bond donors (Lipinski definition) is 2. The molecule has 0 radical (unpaired) electrons. The van der Waals surface area contributed by atoms with Crippen molar-refractivity contribution in [3.63, 3.8) is 0 Å². The third kappa shape index (κ3) is 3.97. The summed E-state index contributed by atoms with van der Waals surface area (Å²) in [6.45, 7) is 0.523. The van der Waals surface area contributed by atoms with Crippen molar-refractivity contribution in [2.75, 3.05) is 13.1 Å². The van der Waals surface area contributed by atoms with Gasteiger partial charge in [-0.1, -0.05) is 36.4 Å². The molecule has 0 saturated carbocycles. The number of furan rings is 1. The summed E-state index contributed by atoms with van der Waals surface area (Å²) in [5.74, 6) is -0.435. The predicted molar refractivity (Wildman–Crippen MR) is 109 cm³/mol. The van der Waals surface area contributed by atoms with Crippen LogP contribution in [0.2, 0.25) is 0 Å². The lowest BCUT2D eigenvalue weighted by molar-refractivity contribution is -0.136. The van der Waals surface area contributed by atoms with Gasteiger partial charge in [0.05, 0.1) is 29.9 Å². The number of rotatable bonds is 5. The highest BCUT2D eigenvalue weighted by Crippen LogP contribution is 2.34. The van der Waals surface area contributed by atoms with Crippen molar-refractivity contribution in [3.8, 4) is 0 Å². The molecule has 0 spiro atoms. The first kappa shape index (κ1) is 19.8. The molecular formula is C23H23N3O4. The Bertz CT molecular complexity index is 992. The summed E-state index contributed by atoms with van der Waals surface area (Å²) in [4.78, 5) is 31.4. The van der Waals surface area contributed by atoms with Crippen LogP contribution >= 0.6 is 0 Å². The quantitative estimate of drug-likeness (QED) is 0.678. The Hall–Kier alpha value is -3.45. The zero-order valence-corrected chi connectivity index (χ0v) is 16.4. The number of amides is 2. The van der Waals surface area contributed by atoms with E-state index in [9.17, 15) is 14.7 Å². The molecular weight excluding hydrogens is 382 g/mol. The van der Waals surface area contributed by atoms with Crippen LogP contribution in [0.1, 0.15) is 28.0 Å². The standard InChI is InChI=1S/C23H23N3O4/c27-20-15-26(21(28)14-19-8-4-5-11-24-19)12-10-23(20,18-6-2-1-3-7-18)25-22(29)17-9-13-30-16-17/h1-9,11,13,16,20,27H,10,12,14-15H2,(H,25,29)/t20-,23-/m1/s1. The van der Waals surface area contributed by atoms with Crippen molar-refractivity contribution in [1.29, 1.82) is 0 Å². The van der Waals surface area contributed by atoms with Gasteiger partial charge in [-0.15, -0.1) is 0 Å². The fourth-order valence-electron chi connectivity index (χ4n) is 3.89. The second kappa shape index (κ2) is 8.51. The maximum absolute atomic E-state index is 12.8. The third-order valence-corrected chi connectivity index (χ3v) is 5.56. The highest BCUT2D eigenvalue weighted by atomic mass is 16.3. The van der Waals surface area contributed by atoms with Crippen LogP contribution in [0.25, 0.3) is 0 Å². The number of aliphatic hydroxyl groups is 1. The van der Waals surface area contributed by atoms with Crippen molar-refractivity contribution < 1.29 is 19.1 Å². The number of carbonyl (C=O) groups is 2. The Kier molecular flexibility index (Phi) is 5.63. The second-order valence-electron chi connectivity index (χ2n) is 7.41. The number of nitrogens with zero attached hydrogens (tertiary/aromatic N) is 2. The van der Waals surface area contributed by atoms with Gasteiger partial charge in [-0.05, 0) is 30.2 Å². The number of pyridine rings is 1. The van der Waals surface area contributed by atoms with Crippen LogP contribution < -0.4 is 5.32 Å². The molecule has 0 aliphatic carbocycles. The number of likely N-dealkylation sites (tertiary alicyclic amines) is 1. The Morgan fingerprint density at radius 2 is 1.97 bits per heavy atom. The molecule has 1 aliphatic rings. The van der Waals surface area contributed by atoms with E-state index in [2.05, 4.69) is 10.3 Å². The van der Waals surface area contributed by atoms with Crippen molar-refractivity contribution in [2.24, 2.45) is 0 Å². The minimum atomic E-state index is -1.00. The molecule has 30 heavy (non-hydrogen) atoms. The van der Waals surface area contributed by atoms with Gasteiger partial charge in [-0.2, -0.15) is 0 Å². The summed E-state index contributed by atoms with van der Waals surface area (Å²) in [5, 5.41) is 14.2. The Morgan fingerprint density at radius 3 is 2.63 bits per heavy atom. The number of piperidine rings is 1. The fourth-order valence-corrected chi connectivity index (χ4v) is 3.89. The van der Waals surface area contributed by atoms with E-state index < -0.39 is 11.6 Å². The summed E-state index contributed by atoms with van der Waals surface area (Å²) >= 11 is 0. The molecule has 2 amide bonds. The molecule has 154 valence electrons. The molecule has 3 heterocycles. The second-order valence-corrected chi connectivity index (χ2v) is 7.41. The summed E-state index contributed by atoms with van der Waals surface area (Å²) < 4.78 is 5.01. The van der Waals surface area contributed by atoms with Crippen molar-refractivity contribution in [2.45, 2.75) is 24.5 Å². The fraction of sp³-hybridized carbons (Fsp3) is 0.261. The van der Waals surface area contributed by atoms with Gasteiger partial charge >= 0.3 is 0 Å². The number of nitrogens with one attached hydrogen (secondary N) is 1. The summed E-state index contributed by atoms with van der Waals surface area (Å²) in [5.41, 5.74) is 0.861. The van der Waals surface area contributed by atoms with Gasteiger partial charge in [0.15, 0.2) is 0 Å². The van der Waals surface area contributed by atoms with Crippen molar-refractivity contribution in [1.82, 2.24) is 15.2 Å². The number of aromatic nitrogens is 1. The molecule has 1 saturated heterocycles. The van der Waals surface area contributed by atoms with Crippen molar-refractivity contribution >= 4 is 11.8 Å². The smallest absolute Gasteiger partial charge is 0.255 e. The zero-order valence-electron chi connectivity index (χ0n) is 16.4. The molecule has 0 unspecified atom stereocenters. The minimum absolute atomic E-state index is 0.101. The lowest BCUT2D eigenvalue weighted by atomic mass is 9.78. The Balaban J connectivity index is 1.55. The van der Waals surface area contributed by atoms with E-state index in [0.717, 1.165) is 5.56 Å². The minimum Gasteiger partial charge on any atom is -0.472 e. The van der Waals surface area contributed by atoms with E-state index in [0.29, 0.717) is 24.2 Å². The number of benzene rings is 1. The molecule has 2 aromatic heterocycles. The molecule has 2 atom stereocenters. The average molecular weight is 405 g/mol. The monoisotopic (exact) mass is 405 g/mol. The summed E-state index contributed by atoms with van der Waals surface area (Å²) in [6, 6.07) is 16.4. The molecule has 2 N–H and O–H groups in total. The van der Waals surface area contributed by atoms with E-state index in [1.807, 2.05) is 36.4 Å². The number of aliphatic hydroxyl groups excluding tert-OH is 1. The number of β-amino-alcohol motifs (C(OH)–C–C–N with tert-alkyl or cyclic N) is 1. The van der Waals surface area contributed by atoms with Gasteiger partial charge in [0.2, 0.25) is 5.91 Å². The largest absolute Gasteiger partial charge is 0.472 e. The SMILES string of the molecule is O=C(N[C@@]1(c2ccccc2)CCN(C(=O)Cc2ccccn2)C[C@H]1O)c1ccoc1. The molecule has 4 rings (SSSR count). The normalized spacial score (nSPS) is 21.2. The lowest BCUT2D eigenvalue weighted by Crippen LogP contribution is -2.62. The van der Waals surface area contributed by atoms with Gasteiger partial charge in [0.1, 0.15) is 6.26 Å². The van der Waals surface area contributed by atoms with E-state index >= 15 is 0 Å². The van der Waals surface area contributed by atoms with E-state index in [4.69, 9.17) is 4.42 Å². The predicted octanol–water partition coefficient (Wildman–Crippen LogP) is 2.14. The van der Waals surface area contributed by atoms with Crippen LogP contribution in [0, 0.1) is 0 Å². The number of hydrogen-bond acceptors (Lipinski definition) is 5. The zero-order chi connectivity index (χ0) is 21.0. The first-order valence-corrected chi connectivity index (χ1v) is 9.84. The Morgan fingerprint density at radius 1 is 1.17 bits per heavy atom. The summed E-state index contributed by atoms with van der Waals surface area (Å²) in [7, 11) is 0. The van der Waals surface area contributed by atoms with Crippen LogP contribution in [-0.2, 0) is 16.8 Å². The number of carbonyl (C=O) groups excluding carboxylic acids is 2. The highest BCUT2D eigenvalue weighted by molar-refractivity contribution is 5.94. The molecule has 0 bridgehead atoms. The lowest BCUT2D eigenvalue weighted by Gasteiger charge is -2.46. The van der Waals surface area contributed by atoms with Gasteiger partial charge in [-0.25, -0.2) is 0 Å². The van der Waals surface area contributed by atoms with Gasteiger partial charge < -0.3 is 19.7 Å². The average Bonchev–Trinajstić information content (AvgIpc) is 3.32. The first-order chi connectivity index (χ1) is 14.6. The van der Waals surface area contributed by atoms with E-state index in [-0.39, 0.29) is 24.8 Å². The maximum Gasteiger partial charge on any atom is 0.255 e. The molecule has 7 heteroatoms. The molecule has 1 fully saturated rings. The molecule has 3 aromatic rings. The van der Waals surface area contributed by atoms with E-state index in [1.54, 1.807) is 29.3 Å². The molecule has 1 aliphatic heterocycles. The first-order valence-electron chi connectivity index (χ1n) is 9.84. The maximum atomic E-state index is 12.8. The third-order valence-electron chi connectivity index (χ3n) is 5.56. The van der Waals surface area contributed by atoms with Gasteiger partial charge in [-0.3, -0.25) is 14.6 Å². The molecule has 1 aromatic carbocycles. The Labute approximate surface area is 174 Å². The highest BCUT2D eigenvalue weighted by Gasteiger charge is 2.46. The van der Waals surface area contributed by atoms with Crippen LogP contribution in [0.3, 0.4) is 0 Å². The summed E-state index contributed by atoms with van der Waals surface area (Å²) in [6.07, 6.45) is 4.03.